The first-order valence-electron chi connectivity index (χ1n) is 1.36. The molecule has 0 saturated heterocycles. The van der Waals surface area contributed by atoms with E-state index in [1.165, 1.54) is 6.42 Å². The van der Waals surface area contributed by atoms with Crippen molar-refractivity contribution in [2.24, 2.45) is 5.73 Å². The molecule has 0 aliphatic carbocycles. The fraction of sp³-hybridized carbons (Fsp3) is 0.333. The SMILES string of the molecule is C[CH-]C(N)=O.[K+]. The Labute approximate surface area is 79.9 Å². The van der Waals surface area contributed by atoms with E-state index >= 15 is 0 Å². The van der Waals surface area contributed by atoms with E-state index in [1.807, 2.05) is 0 Å². The molecule has 0 radical (unpaired) electrons. The molecule has 0 unspecified atom stereocenters. The number of hydrogen-bond acceptors (Lipinski definition) is 1. The van der Waals surface area contributed by atoms with E-state index in [9.17, 15) is 4.79 Å². The molecule has 0 aromatic rings. The summed E-state index contributed by atoms with van der Waals surface area (Å²) < 4.78 is 0. The number of carbonyl (C=O) groups is 1. The van der Waals surface area contributed by atoms with Crippen LogP contribution in [0.1, 0.15) is 6.92 Å². The molecule has 30 valence electrons. The van der Waals surface area contributed by atoms with E-state index in [2.05, 4.69) is 5.73 Å². The average Bonchev–Trinajstić information content (AvgIpc) is 1.38. The molecule has 6 heavy (non-hydrogen) atoms. The van der Waals surface area contributed by atoms with E-state index in [1.54, 1.807) is 6.92 Å². The second kappa shape index (κ2) is 5.98. The van der Waals surface area contributed by atoms with Crippen molar-refractivity contribution in [3.8, 4) is 0 Å². The van der Waals surface area contributed by atoms with Gasteiger partial charge in [-0.15, -0.1) is 0 Å². The van der Waals surface area contributed by atoms with Gasteiger partial charge in [0.15, 0.2) is 0 Å². The molecule has 0 fully saturated rings. The topological polar surface area (TPSA) is 43.1 Å². The Bertz CT molecular complexity index is 46.1. The van der Waals surface area contributed by atoms with Gasteiger partial charge in [-0.25, -0.2) is 0 Å². The zero-order chi connectivity index (χ0) is 4.28. The smallest absolute Gasteiger partial charge is 0.395 e. The average molecular weight is 111 g/mol. The summed E-state index contributed by atoms with van der Waals surface area (Å²) in [7, 11) is 0. The Hall–Kier alpha value is 0.976. The van der Waals surface area contributed by atoms with Crippen molar-refractivity contribution in [2.45, 2.75) is 6.92 Å². The van der Waals surface area contributed by atoms with E-state index in [0.717, 1.165) is 0 Å². The number of nitrogens with two attached hydrogens (primary N) is 1. The van der Waals surface area contributed by atoms with Gasteiger partial charge in [-0.3, -0.25) is 0 Å². The third-order valence-corrected chi connectivity index (χ3v) is 0.285. The van der Waals surface area contributed by atoms with Crippen molar-refractivity contribution < 1.29 is 56.2 Å². The third-order valence-electron chi connectivity index (χ3n) is 0.285. The first-order chi connectivity index (χ1) is 2.27. The van der Waals surface area contributed by atoms with Crippen molar-refractivity contribution in [2.75, 3.05) is 0 Å². The summed E-state index contributed by atoms with van der Waals surface area (Å²) >= 11 is 0. The van der Waals surface area contributed by atoms with Crippen molar-refractivity contribution in [3.63, 3.8) is 0 Å². The van der Waals surface area contributed by atoms with Crippen LogP contribution in [0.5, 0.6) is 0 Å². The van der Waals surface area contributed by atoms with Crippen LogP contribution in [0.4, 0.5) is 0 Å². The summed E-state index contributed by atoms with van der Waals surface area (Å²) in [5, 5.41) is 0. The summed E-state index contributed by atoms with van der Waals surface area (Å²) in [5.41, 5.74) is 4.60. The van der Waals surface area contributed by atoms with Crippen LogP contribution in [0.2, 0.25) is 0 Å². The number of carbonyl (C=O) groups excluding carboxylic acids is 1. The number of hydrogen-bond donors (Lipinski definition) is 1. The van der Waals surface area contributed by atoms with Gasteiger partial charge >= 0.3 is 51.4 Å². The minimum absolute atomic E-state index is 0. The molecule has 0 spiro atoms. The van der Waals surface area contributed by atoms with Crippen molar-refractivity contribution in [1.29, 1.82) is 0 Å². The van der Waals surface area contributed by atoms with Crippen LogP contribution in [-0.2, 0) is 4.79 Å². The quantitative estimate of drug-likeness (QED) is 0.279. The molecule has 2 nitrogen and oxygen atoms in total. The van der Waals surface area contributed by atoms with Crippen LogP contribution in [0.3, 0.4) is 0 Å². The van der Waals surface area contributed by atoms with Gasteiger partial charge in [0, 0.05) is 0 Å². The molecular formula is C3H6KNO. The largest absolute Gasteiger partial charge is 1.00 e. The molecule has 0 saturated carbocycles. The fourth-order valence-corrected chi connectivity index (χ4v) is 0. The number of amides is 1. The Morgan fingerprint density at radius 2 is 2.00 bits per heavy atom. The third kappa shape index (κ3) is 8.88. The Balaban J connectivity index is 0. The molecule has 0 bridgehead atoms. The van der Waals surface area contributed by atoms with Crippen molar-refractivity contribution in [1.82, 2.24) is 0 Å². The van der Waals surface area contributed by atoms with Crippen LogP contribution in [-0.4, -0.2) is 5.91 Å². The zero-order valence-corrected chi connectivity index (χ0v) is 7.19. The molecular weight excluding hydrogens is 105 g/mol. The minimum Gasteiger partial charge on any atom is -0.395 e. The minimum atomic E-state index is -0.370. The van der Waals surface area contributed by atoms with Crippen LogP contribution in [0.15, 0.2) is 0 Å². The van der Waals surface area contributed by atoms with Crippen LogP contribution >= 0.6 is 0 Å². The van der Waals surface area contributed by atoms with Crippen LogP contribution < -0.4 is 57.1 Å². The second-order valence-corrected chi connectivity index (χ2v) is 0.691. The van der Waals surface area contributed by atoms with Crippen molar-refractivity contribution in [3.05, 3.63) is 6.42 Å². The maximum Gasteiger partial charge on any atom is 1.00 e. The maximum absolute atomic E-state index is 9.53. The van der Waals surface area contributed by atoms with E-state index in [4.69, 9.17) is 0 Å². The Kier molecular flexibility index (Phi) is 10.0. The summed E-state index contributed by atoms with van der Waals surface area (Å²) in [6.45, 7) is 1.60. The molecule has 2 N–H and O–H groups in total. The first-order valence-corrected chi connectivity index (χ1v) is 1.36. The van der Waals surface area contributed by atoms with E-state index in [0.29, 0.717) is 0 Å². The van der Waals surface area contributed by atoms with Gasteiger partial charge in [-0.05, 0) is 0 Å². The van der Waals surface area contributed by atoms with Gasteiger partial charge < -0.3 is 16.9 Å². The fourth-order valence-electron chi connectivity index (χ4n) is 0. The van der Waals surface area contributed by atoms with Gasteiger partial charge in [0.05, 0.1) is 5.91 Å². The standard InChI is InChI=1S/C3H6NO.K/c1-2-3(4)5;/h2H,1H3,(H2,4,5);/q-1;+1. The summed E-state index contributed by atoms with van der Waals surface area (Å²) in [4.78, 5) is 9.53. The van der Waals surface area contributed by atoms with Crippen LogP contribution in [0, 0.1) is 6.42 Å². The monoisotopic (exact) mass is 111 g/mol. The molecule has 0 rings (SSSR count). The van der Waals surface area contributed by atoms with Gasteiger partial charge in [-0.2, -0.15) is 6.92 Å². The maximum atomic E-state index is 9.53. The predicted molar refractivity (Wildman–Crippen MR) is 19.2 cm³/mol. The number of primary amides is 1. The van der Waals surface area contributed by atoms with Gasteiger partial charge in [0.1, 0.15) is 0 Å². The predicted octanol–water partition coefficient (Wildman–Crippen LogP) is -3.30. The molecule has 0 aliphatic heterocycles. The molecule has 3 heteroatoms. The summed E-state index contributed by atoms with van der Waals surface area (Å²) in [5.74, 6) is -0.370. The molecule has 0 heterocycles. The Morgan fingerprint density at radius 3 is 2.00 bits per heavy atom. The molecule has 1 amide bonds. The molecule has 0 aromatic heterocycles. The van der Waals surface area contributed by atoms with Crippen LogP contribution in [0.25, 0.3) is 0 Å². The van der Waals surface area contributed by atoms with Gasteiger partial charge in [-0.1, -0.05) is 0 Å². The first kappa shape index (κ1) is 10.1. The van der Waals surface area contributed by atoms with Gasteiger partial charge in [0.25, 0.3) is 0 Å². The summed E-state index contributed by atoms with van der Waals surface area (Å²) in [6, 6.07) is 0. The normalized spacial score (nSPS) is 5.50. The van der Waals surface area contributed by atoms with E-state index in [-0.39, 0.29) is 57.3 Å². The molecule has 0 aliphatic rings. The van der Waals surface area contributed by atoms with Gasteiger partial charge in [0.2, 0.25) is 0 Å². The van der Waals surface area contributed by atoms with Crippen molar-refractivity contribution >= 4 is 5.91 Å². The number of rotatable bonds is 1. The van der Waals surface area contributed by atoms with E-state index < -0.39 is 0 Å². The Morgan fingerprint density at radius 1 is 1.83 bits per heavy atom. The molecule has 0 aromatic carbocycles. The molecule has 0 atom stereocenters. The summed E-state index contributed by atoms with van der Waals surface area (Å²) in [6.07, 6.45) is 1.31. The zero-order valence-electron chi connectivity index (χ0n) is 4.06. The second-order valence-electron chi connectivity index (χ2n) is 0.691.